The van der Waals surface area contributed by atoms with Crippen molar-refractivity contribution in [3.8, 4) is 0 Å². The lowest BCUT2D eigenvalue weighted by atomic mass is 10.1. The molecule has 2 aromatic carbocycles. The highest BCUT2D eigenvalue weighted by Gasteiger charge is 2.36. The summed E-state index contributed by atoms with van der Waals surface area (Å²) in [5.74, 6) is -4.56. The van der Waals surface area contributed by atoms with Crippen LogP contribution in [0.2, 0.25) is 0 Å². The molecule has 1 N–H and O–H groups in total. The van der Waals surface area contributed by atoms with Gasteiger partial charge in [0.15, 0.2) is 5.82 Å². The van der Waals surface area contributed by atoms with E-state index in [0.717, 1.165) is 6.07 Å². The number of carbonyl (C=O) groups excluding carboxylic acids is 1. The zero-order chi connectivity index (χ0) is 23.1. The van der Waals surface area contributed by atoms with Gasteiger partial charge in [-0.25, -0.2) is 13.2 Å². The van der Waals surface area contributed by atoms with Gasteiger partial charge in [0.05, 0.1) is 21.3 Å². The number of hydrogen-bond acceptors (Lipinski definition) is 3. The molecule has 1 atom stereocenters. The number of halogens is 7. The van der Waals surface area contributed by atoms with Crippen molar-refractivity contribution < 1.29 is 31.1 Å². The van der Waals surface area contributed by atoms with Crippen LogP contribution in [0.4, 0.5) is 37.7 Å². The fraction of sp³-hybridized carbons (Fsp3) is 0.350. The molecular weight excluding hydrogens is 492 g/mol. The quantitative estimate of drug-likeness (QED) is 0.451. The molecule has 2 aromatic rings. The summed E-state index contributed by atoms with van der Waals surface area (Å²) in [5, 5.41) is 2.13. The van der Waals surface area contributed by atoms with Crippen LogP contribution in [-0.2, 0) is 6.18 Å². The molecule has 3 rings (SSSR count). The van der Waals surface area contributed by atoms with Gasteiger partial charge in [0, 0.05) is 31.7 Å². The first-order valence-electron chi connectivity index (χ1n) is 9.21. The molecule has 31 heavy (non-hydrogen) atoms. The molecule has 1 aliphatic rings. The summed E-state index contributed by atoms with van der Waals surface area (Å²) < 4.78 is 81.8. The molecule has 11 heteroatoms. The summed E-state index contributed by atoms with van der Waals surface area (Å²) in [6, 6.07) is 2.59. The first-order chi connectivity index (χ1) is 14.4. The van der Waals surface area contributed by atoms with Crippen LogP contribution >= 0.6 is 15.9 Å². The number of anilines is 2. The van der Waals surface area contributed by atoms with Crippen LogP contribution in [0.5, 0.6) is 0 Å². The van der Waals surface area contributed by atoms with Crippen molar-refractivity contribution in [2.75, 3.05) is 36.9 Å². The topological polar surface area (TPSA) is 35.6 Å². The standard InChI is InChI=1S/C20H18BrF6N3O/c1-10-9-30(6-5-29(10)2)15-8-14(23)16(21)17(24)18(15)28-19(31)12-4-3-11(22)7-13(12)20(25,26)27/h3-4,7-8,10H,5-6,9H2,1-2H3,(H,28,31). The van der Waals surface area contributed by atoms with Crippen molar-refractivity contribution in [2.45, 2.75) is 19.1 Å². The summed E-state index contributed by atoms with van der Waals surface area (Å²) >= 11 is 2.75. The largest absolute Gasteiger partial charge is 0.417 e. The molecule has 0 radical (unpaired) electrons. The molecular formula is C20H18BrF6N3O. The third kappa shape index (κ3) is 4.82. The van der Waals surface area contributed by atoms with Crippen LogP contribution in [0.1, 0.15) is 22.8 Å². The van der Waals surface area contributed by atoms with E-state index in [2.05, 4.69) is 21.2 Å². The Labute approximate surface area is 182 Å². The van der Waals surface area contributed by atoms with Crippen molar-refractivity contribution >= 4 is 33.2 Å². The van der Waals surface area contributed by atoms with Gasteiger partial charge >= 0.3 is 6.18 Å². The summed E-state index contributed by atoms with van der Waals surface area (Å²) in [7, 11) is 1.89. The van der Waals surface area contributed by atoms with E-state index in [1.165, 1.54) is 0 Å². The predicted molar refractivity (Wildman–Crippen MR) is 108 cm³/mol. The Morgan fingerprint density at radius 1 is 1.16 bits per heavy atom. The molecule has 168 valence electrons. The van der Waals surface area contributed by atoms with E-state index in [9.17, 15) is 31.1 Å². The first-order valence-corrected chi connectivity index (χ1v) is 10.00. The number of amides is 1. The van der Waals surface area contributed by atoms with Crippen LogP contribution in [-0.4, -0.2) is 43.5 Å². The van der Waals surface area contributed by atoms with Crippen LogP contribution in [0.25, 0.3) is 0 Å². The highest BCUT2D eigenvalue weighted by molar-refractivity contribution is 9.10. The average Bonchev–Trinajstić information content (AvgIpc) is 2.69. The lowest BCUT2D eigenvalue weighted by molar-refractivity contribution is -0.138. The van der Waals surface area contributed by atoms with Crippen LogP contribution in [0.3, 0.4) is 0 Å². The van der Waals surface area contributed by atoms with Crippen molar-refractivity contribution in [1.29, 1.82) is 0 Å². The number of alkyl halides is 3. The van der Waals surface area contributed by atoms with Gasteiger partial charge in [-0.15, -0.1) is 0 Å². The number of nitrogens with one attached hydrogen (secondary N) is 1. The summed E-state index contributed by atoms with van der Waals surface area (Å²) in [6.07, 6.45) is -5.01. The molecule has 0 spiro atoms. The lowest BCUT2D eigenvalue weighted by Gasteiger charge is -2.39. The van der Waals surface area contributed by atoms with Crippen LogP contribution < -0.4 is 10.2 Å². The maximum atomic E-state index is 14.9. The third-order valence-electron chi connectivity index (χ3n) is 5.21. The van der Waals surface area contributed by atoms with Crippen molar-refractivity contribution in [1.82, 2.24) is 4.90 Å². The van der Waals surface area contributed by atoms with Gasteiger partial charge < -0.3 is 15.1 Å². The zero-order valence-corrected chi connectivity index (χ0v) is 18.0. The zero-order valence-electron chi connectivity index (χ0n) is 16.5. The van der Waals surface area contributed by atoms with Crippen molar-refractivity contribution in [2.24, 2.45) is 0 Å². The Balaban J connectivity index is 2.04. The minimum Gasteiger partial charge on any atom is -0.367 e. The van der Waals surface area contributed by atoms with E-state index < -0.39 is 50.8 Å². The van der Waals surface area contributed by atoms with Gasteiger partial charge in [0.2, 0.25) is 0 Å². The normalized spacial score (nSPS) is 17.7. The monoisotopic (exact) mass is 509 g/mol. The van der Waals surface area contributed by atoms with Crippen molar-refractivity contribution in [3.63, 3.8) is 0 Å². The molecule has 1 fully saturated rings. The Morgan fingerprint density at radius 3 is 2.45 bits per heavy atom. The maximum absolute atomic E-state index is 14.9. The van der Waals surface area contributed by atoms with Gasteiger partial charge in [0.25, 0.3) is 5.91 Å². The number of piperazine rings is 1. The Hall–Kier alpha value is -2.27. The highest BCUT2D eigenvalue weighted by atomic mass is 79.9. The molecule has 1 aliphatic heterocycles. The summed E-state index contributed by atoms with van der Waals surface area (Å²) in [5.41, 5.74) is -2.84. The molecule has 1 heterocycles. The molecule has 1 unspecified atom stereocenters. The average molecular weight is 510 g/mol. The minimum absolute atomic E-state index is 0.00201. The molecule has 1 saturated heterocycles. The number of likely N-dealkylation sites (N-methyl/N-ethyl adjacent to an activating group) is 1. The van der Waals surface area contributed by atoms with E-state index in [1.54, 1.807) is 4.90 Å². The smallest absolute Gasteiger partial charge is 0.367 e. The van der Waals surface area contributed by atoms with E-state index in [4.69, 9.17) is 0 Å². The Morgan fingerprint density at radius 2 is 1.84 bits per heavy atom. The van der Waals surface area contributed by atoms with Gasteiger partial charge in [-0.3, -0.25) is 4.79 Å². The van der Waals surface area contributed by atoms with E-state index in [0.29, 0.717) is 31.8 Å². The van der Waals surface area contributed by atoms with Gasteiger partial charge in [-0.2, -0.15) is 13.2 Å². The fourth-order valence-corrected chi connectivity index (χ4v) is 3.66. The molecule has 4 nitrogen and oxygen atoms in total. The van der Waals surface area contributed by atoms with Gasteiger partial charge in [-0.05, 0) is 48.1 Å². The van der Waals surface area contributed by atoms with E-state index >= 15 is 0 Å². The summed E-state index contributed by atoms with van der Waals surface area (Å²) in [6.45, 7) is 3.24. The van der Waals surface area contributed by atoms with E-state index in [1.807, 2.05) is 18.9 Å². The van der Waals surface area contributed by atoms with Gasteiger partial charge in [0.1, 0.15) is 17.3 Å². The lowest BCUT2D eigenvalue weighted by Crippen LogP contribution is -2.50. The fourth-order valence-electron chi connectivity index (χ4n) is 3.35. The first kappa shape index (κ1) is 23.4. The SMILES string of the molecule is CC1CN(c2cc(F)c(Br)c(F)c2NC(=O)c2ccc(F)cc2C(F)(F)F)CCN1C. The van der Waals surface area contributed by atoms with Gasteiger partial charge in [-0.1, -0.05) is 0 Å². The number of carbonyl (C=O) groups is 1. The second kappa shape index (κ2) is 8.70. The van der Waals surface area contributed by atoms with E-state index in [-0.39, 0.29) is 17.8 Å². The van der Waals surface area contributed by atoms with Crippen molar-refractivity contribution in [3.05, 3.63) is 57.3 Å². The number of hydrogen-bond donors (Lipinski definition) is 1. The summed E-state index contributed by atoms with van der Waals surface area (Å²) in [4.78, 5) is 16.3. The predicted octanol–water partition coefficient (Wildman–Crippen LogP) is 5.28. The van der Waals surface area contributed by atoms with Crippen LogP contribution in [0, 0.1) is 17.5 Å². The number of benzene rings is 2. The molecule has 0 aliphatic carbocycles. The number of rotatable bonds is 3. The second-order valence-electron chi connectivity index (χ2n) is 7.30. The molecule has 0 aromatic heterocycles. The Kier molecular flexibility index (Phi) is 6.56. The molecule has 0 bridgehead atoms. The maximum Gasteiger partial charge on any atom is 0.417 e. The third-order valence-corrected chi connectivity index (χ3v) is 5.94. The minimum atomic E-state index is -5.01. The van der Waals surface area contributed by atoms with Crippen LogP contribution in [0.15, 0.2) is 28.7 Å². The second-order valence-corrected chi connectivity index (χ2v) is 8.09. The number of nitrogens with zero attached hydrogens (tertiary/aromatic N) is 2. The molecule has 0 saturated carbocycles. The molecule has 1 amide bonds. The highest BCUT2D eigenvalue weighted by Crippen LogP contribution is 2.38. The Bertz CT molecular complexity index is 1010.